The van der Waals surface area contributed by atoms with Crippen molar-refractivity contribution in [1.29, 1.82) is 0 Å². The highest BCUT2D eigenvalue weighted by Gasteiger charge is 2.48. The molecule has 1 fully saturated rings. The summed E-state index contributed by atoms with van der Waals surface area (Å²) in [4.78, 5) is 22.8. The molecule has 6 nitrogen and oxygen atoms in total. The lowest BCUT2D eigenvalue weighted by molar-refractivity contribution is -0.161. The number of unbranched alkanes of at least 4 members (excludes halogenated alkanes) is 5. The van der Waals surface area contributed by atoms with Gasteiger partial charge in [0.25, 0.3) is 0 Å². The topological polar surface area (TPSA) is 101 Å². The molecule has 0 atom stereocenters. The van der Waals surface area contributed by atoms with Crippen molar-refractivity contribution in [2.75, 3.05) is 29.2 Å². The van der Waals surface area contributed by atoms with Crippen molar-refractivity contribution < 1.29 is 36.1 Å². The van der Waals surface area contributed by atoms with Crippen LogP contribution < -0.4 is 0 Å². The molecule has 0 N–H and O–H groups in total. The average molecular weight is 713 g/mol. The van der Waals surface area contributed by atoms with E-state index in [0.717, 1.165) is 42.3 Å². The molecule has 1 heterocycles. The summed E-state index contributed by atoms with van der Waals surface area (Å²) in [6, 6.07) is 7.93. The number of esters is 1. The van der Waals surface area contributed by atoms with E-state index in [4.69, 9.17) is 0 Å². The molecule has 1 aromatic carbocycles. The van der Waals surface area contributed by atoms with Gasteiger partial charge in [-0.3, -0.25) is 4.79 Å². The minimum Gasteiger partial charge on any atom is -0.743 e. The highest BCUT2D eigenvalue weighted by Crippen LogP contribution is 2.22. The monoisotopic (exact) mass is 712 g/mol. The molecule has 1 aliphatic rings. The molecule has 1 aromatic rings. The highest BCUT2D eigenvalue weighted by molar-refractivity contribution is 14.1. The third-order valence-electron chi connectivity index (χ3n) is 5.18. The molecule has 1 saturated heterocycles. The minimum absolute atomic E-state index is 0.317. The Bertz CT molecular complexity index is 879. The smallest absolute Gasteiger partial charge is 0.428 e. The molecule has 0 aromatic heterocycles. The van der Waals surface area contributed by atoms with E-state index in [1.807, 2.05) is 24.3 Å². The third kappa shape index (κ3) is 13.2. The van der Waals surface area contributed by atoms with Crippen LogP contribution in [0.15, 0.2) is 24.3 Å². The van der Waals surface area contributed by atoms with E-state index in [1.165, 1.54) is 34.3 Å². The summed E-state index contributed by atoms with van der Waals surface area (Å²) >= 11 is 5.56. The van der Waals surface area contributed by atoms with E-state index in [-0.39, 0.29) is 6.61 Å². The molecule has 0 amide bonds. The number of halogens is 4. The van der Waals surface area contributed by atoms with Crippen molar-refractivity contribution in [3.05, 3.63) is 33.4 Å². The van der Waals surface area contributed by atoms with Crippen molar-refractivity contribution in [2.45, 2.75) is 63.0 Å². The first-order valence-corrected chi connectivity index (χ1v) is 16.8. The summed E-state index contributed by atoms with van der Waals surface area (Å²) in [5, 5.41) is -4.08. The second-order valence-electron chi connectivity index (χ2n) is 8.07. The van der Waals surface area contributed by atoms with Crippen molar-refractivity contribution >= 4 is 71.3 Å². The molecule has 0 unspecified atom stereocenters. The van der Waals surface area contributed by atoms with E-state index in [9.17, 15) is 31.3 Å². The Hall–Kier alpha value is -0.310. The summed E-state index contributed by atoms with van der Waals surface area (Å²) in [5.74, 6) is 1.36. The summed E-state index contributed by atoms with van der Waals surface area (Å²) in [7, 11) is -5.65. The number of benzene rings is 1. The van der Waals surface area contributed by atoms with Crippen LogP contribution in [0.25, 0.3) is 0 Å². The van der Waals surface area contributed by atoms with Gasteiger partial charge in [0, 0.05) is 14.5 Å². The second-order valence-corrected chi connectivity index (χ2v) is 13.9. The standard InChI is InChI=1S/C13H16IOS.C10H17BrF2O5S/c14-12-6-4-11(5-7-12)13(15)10-16-8-2-1-3-9-16;11-7-5-3-1-2-4-6-8-18-9(14)10(12,13)19(15,16)17/h4-7H,1-3,8-10H2;1-8H2,(H,15,16,17)/q+1;/p-1. The van der Waals surface area contributed by atoms with Crippen LogP contribution in [0.2, 0.25) is 0 Å². The Labute approximate surface area is 231 Å². The van der Waals surface area contributed by atoms with E-state index in [2.05, 4.69) is 43.3 Å². The fourth-order valence-corrected chi connectivity index (χ4v) is 6.47. The quantitative estimate of drug-likeness (QED) is 0.0497. The number of carbonyl (C=O) groups excluding carboxylic acids is 2. The zero-order chi connectivity index (χ0) is 26.3. The molecule has 200 valence electrons. The Morgan fingerprint density at radius 3 is 2.09 bits per heavy atom. The number of carbonyl (C=O) groups is 2. The van der Waals surface area contributed by atoms with E-state index < -0.39 is 21.3 Å². The first kappa shape index (κ1) is 32.7. The summed E-state index contributed by atoms with van der Waals surface area (Å²) in [6.07, 6.45) is 9.03. The first-order valence-electron chi connectivity index (χ1n) is 11.5. The third-order valence-corrected chi connectivity index (χ3v) is 9.66. The summed E-state index contributed by atoms with van der Waals surface area (Å²) in [5.41, 5.74) is 0.887. The molecular formula is C23H32BrF2IO6S2. The lowest BCUT2D eigenvalue weighted by Gasteiger charge is -2.17. The van der Waals surface area contributed by atoms with Gasteiger partial charge >= 0.3 is 11.2 Å². The Balaban J connectivity index is 0.000000353. The predicted molar refractivity (Wildman–Crippen MR) is 146 cm³/mol. The van der Waals surface area contributed by atoms with Crippen LogP contribution >= 0.6 is 38.5 Å². The Kier molecular flexibility index (Phi) is 16.1. The molecular weight excluding hydrogens is 681 g/mol. The number of alkyl halides is 3. The lowest BCUT2D eigenvalue weighted by atomic mass is 10.1. The van der Waals surface area contributed by atoms with E-state index >= 15 is 0 Å². The maximum Gasteiger partial charge on any atom is 0.428 e. The molecule has 0 saturated carbocycles. The number of rotatable bonds is 13. The molecule has 2 rings (SSSR count). The van der Waals surface area contributed by atoms with Gasteiger partial charge in [-0.25, -0.2) is 13.2 Å². The lowest BCUT2D eigenvalue weighted by Crippen LogP contribution is -2.39. The molecule has 0 aliphatic carbocycles. The fourth-order valence-electron chi connectivity index (χ4n) is 3.19. The van der Waals surface area contributed by atoms with E-state index in [0.29, 0.717) is 29.5 Å². The molecule has 0 spiro atoms. The maximum absolute atomic E-state index is 12.7. The molecule has 12 heteroatoms. The van der Waals surface area contributed by atoms with Crippen LogP contribution in [0.1, 0.15) is 68.1 Å². The molecule has 1 aliphatic heterocycles. The summed E-state index contributed by atoms with van der Waals surface area (Å²) in [6.45, 7) is -0.317. The first-order chi connectivity index (χ1) is 16.5. The van der Waals surface area contributed by atoms with Gasteiger partial charge in [0.05, 0.1) is 6.61 Å². The van der Waals surface area contributed by atoms with Gasteiger partial charge in [0.1, 0.15) is 11.5 Å². The van der Waals surface area contributed by atoms with Crippen molar-refractivity contribution in [3.63, 3.8) is 0 Å². The Morgan fingerprint density at radius 2 is 1.54 bits per heavy atom. The highest BCUT2D eigenvalue weighted by atomic mass is 127. The van der Waals surface area contributed by atoms with Gasteiger partial charge in [-0.1, -0.05) is 53.7 Å². The average Bonchev–Trinajstić information content (AvgIpc) is 2.81. The van der Waals surface area contributed by atoms with Crippen molar-refractivity contribution in [1.82, 2.24) is 0 Å². The van der Waals surface area contributed by atoms with Crippen LogP contribution in [0, 0.1) is 3.57 Å². The van der Waals surface area contributed by atoms with Gasteiger partial charge in [-0.2, -0.15) is 8.78 Å². The molecule has 35 heavy (non-hydrogen) atoms. The van der Waals surface area contributed by atoms with Crippen LogP contribution in [0.4, 0.5) is 8.78 Å². The van der Waals surface area contributed by atoms with Gasteiger partial charge in [0.15, 0.2) is 15.9 Å². The zero-order valence-corrected chi connectivity index (χ0v) is 24.9. The number of ketones is 1. The van der Waals surface area contributed by atoms with Gasteiger partial charge in [-0.05, 0) is 77.7 Å². The van der Waals surface area contributed by atoms with Crippen LogP contribution in [0.3, 0.4) is 0 Å². The normalized spacial score (nSPS) is 14.7. The van der Waals surface area contributed by atoms with Crippen LogP contribution in [0.5, 0.6) is 0 Å². The number of hydrogen-bond donors (Lipinski definition) is 0. The number of Topliss-reactive ketones (excluding diaryl/α,β-unsaturated/α-hetero) is 1. The predicted octanol–water partition coefficient (Wildman–Crippen LogP) is 5.68. The van der Waals surface area contributed by atoms with Crippen LogP contribution in [-0.4, -0.2) is 59.2 Å². The molecule has 0 radical (unpaired) electrons. The Morgan fingerprint density at radius 1 is 1.00 bits per heavy atom. The van der Waals surface area contributed by atoms with Crippen molar-refractivity contribution in [2.24, 2.45) is 0 Å². The number of hydrogen-bond acceptors (Lipinski definition) is 6. The fraction of sp³-hybridized carbons (Fsp3) is 0.652. The largest absolute Gasteiger partial charge is 0.743 e. The van der Waals surface area contributed by atoms with Crippen molar-refractivity contribution in [3.8, 4) is 0 Å². The zero-order valence-electron chi connectivity index (χ0n) is 19.5. The SMILES string of the molecule is O=C(C[S+]1CCCCC1)c1ccc(I)cc1.O=C(OCCCCCCCCBr)C(F)(F)S(=O)(=O)[O-]. The minimum atomic E-state index is -6.02. The van der Waals surface area contributed by atoms with Gasteiger partial charge in [0.2, 0.25) is 5.78 Å². The second kappa shape index (κ2) is 17.2. The number of ether oxygens (including phenoxy) is 1. The maximum atomic E-state index is 12.7. The summed E-state index contributed by atoms with van der Waals surface area (Å²) < 4.78 is 61.0. The van der Waals surface area contributed by atoms with Gasteiger partial charge < -0.3 is 9.29 Å². The van der Waals surface area contributed by atoms with Crippen LogP contribution in [-0.2, 0) is 30.5 Å². The van der Waals surface area contributed by atoms with E-state index in [1.54, 1.807) is 0 Å². The van der Waals surface area contributed by atoms with Gasteiger partial charge in [-0.15, -0.1) is 0 Å². The molecule has 0 bridgehead atoms.